The Morgan fingerprint density at radius 3 is 3.00 bits per heavy atom. The van der Waals surface area contributed by atoms with E-state index < -0.39 is 0 Å². The minimum absolute atomic E-state index is 0.0195. The molecule has 1 N–H and O–H groups in total. The van der Waals surface area contributed by atoms with Crippen LogP contribution in [0.15, 0.2) is 23.1 Å². The van der Waals surface area contributed by atoms with Crippen LogP contribution in [0.1, 0.15) is 5.56 Å². The third-order valence-corrected chi connectivity index (χ3v) is 2.98. The van der Waals surface area contributed by atoms with E-state index >= 15 is 0 Å². The van der Waals surface area contributed by atoms with E-state index in [1.807, 2.05) is 22.9 Å². The van der Waals surface area contributed by atoms with E-state index in [4.69, 9.17) is 0 Å². The van der Waals surface area contributed by atoms with Gasteiger partial charge in [0.25, 0.3) is 5.56 Å². The van der Waals surface area contributed by atoms with Gasteiger partial charge in [0.05, 0.1) is 33.8 Å². The topological polar surface area (TPSA) is 55.1 Å². The van der Waals surface area contributed by atoms with Gasteiger partial charge in [0.15, 0.2) is 5.65 Å². The Bertz CT molecular complexity index is 562. The molecule has 0 amide bonds. The summed E-state index contributed by atoms with van der Waals surface area (Å²) in [6, 6.07) is 3.46. The molecule has 0 aliphatic heterocycles. The Morgan fingerprint density at radius 2 is 2.29 bits per heavy atom. The van der Waals surface area contributed by atoms with Gasteiger partial charge in [-0.05, 0) is 19.1 Å². The third-order valence-electron chi connectivity index (χ3n) is 2.08. The molecule has 0 saturated heterocycles. The van der Waals surface area contributed by atoms with Crippen molar-refractivity contribution >= 4 is 33.9 Å². The van der Waals surface area contributed by atoms with Gasteiger partial charge >= 0.3 is 0 Å². The highest BCUT2D eigenvalue weighted by Crippen LogP contribution is 2.24. The molecule has 0 aliphatic rings. The van der Waals surface area contributed by atoms with Gasteiger partial charge in [-0.1, -0.05) is 0 Å². The highest BCUT2D eigenvalue weighted by molar-refractivity contribution is 14.1. The summed E-state index contributed by atoms with van der Waals surface area (Å²) in [5.74, 6) is 0.0195. The van der Waals surface area contributed by atoms with Crippen LogP contribution in [0, 0.1) is 6.92 Å². The zero-order chi connectivity index (χ0) is 10.3. The summed E-state index contributed by atoms with van der Waals surface area (Å²) >= 11 is 1.88. The van der Waals surface area contributed by atoms with Crippen LogP contribution in [0.4, 0.5) is 0 Å². The van der Waals surface area contributed by atoms with Crippen LogP contribution in [0.25, 0.3) is 11.0 Å². The van der Waals surface area contributed by atoms with Crippen LogP contribution < -0.4 is 5.56 Å². The number of aromatic hydroxyl groups is 1. The summed E-state index contributed by atoms with van der Waals surface area (Å²) < 4.78 is 1.40. The van der Waals surface area contributed by atoms with E-state index in [1.165, 1.54) is 2.78 Å². The Labute approximate surface area is 93.7 Å². The lowest BCUT2D eigenvalue weighted by atomic mass is 10.2. The Morgan fingerprint density at radius 1 is 1.57 bits per heavy atom. The second kappa shape index (κ2) is 3.23. The van der Waals surface area contributed by atoms with Gasteiger partial charge in [0, 0.05) is 6.20 Å². The van der Waals surface area contributed by atoms with E-state index in [0.29, 0.717) is 16.6 Å². The fourth-order valence-electron chi connectivity index (χ4n) is 1.28. The molecule has 0 bridgehead atoms. The molecule has 0 aromatic carbocycles. The van der Waals surface area contributed by atoms with Crippen molar-refractivity contribution in [2.45, 2.75) is 6.92 Å². The maximum absolute atomic E-state index is 11.6. The van der Waals surface area contributed by atoms with Crippen LogP contribution in [0.5, 0.6) is 5.75 Å². The molecule has 2 heterocycles. The zero-order valence-electron chi connectivity index (χ0n) is 7.36. The molecular weight excluding hydrogens is 295 g/mol. The van der Waals surface area contributed by atoms with E-state index in [-0.39, 0.29) is 11.3 Å². The van der Waals surface area contributed by atoms with E-state index in [9.17, 15) is 9.90 Å². The number of nitrogens with zero attached hydrogens (tertiary/aromatic N) is 2. The normalized spacial score (nSPS) is 10.7. The molecule has 4 nitrogen and oxygen atoms in total. The van der Waals surface area contributed by atoms with Gasteiger partial charge < -0.3 is 5.11 Å². The van der Waals surface area contributed by atoms with Crippen LogP contribution in [-0.2, 0) is 0 Å². The van der Waals surface area contributed by atoms with Crippen LogP contribution in [-0.4, -0.2) is 12.9 Å². The minimum atomic E-state index is -0.227. The van der Waals surface area contributed by atoms with Crippen LogP contribution >= 0.6 is 22.9 Å². The molecule has 14 heavy (non-hydrogen) atoms. The number of rotatable bonds is 0. The zero-order valence-corrected chi connectivity index (χ0v) is 9.52. The van der Waals surface area contributed by atoms with Crippen LogP contribution in [0.2, 0.25) is 0 Å². The van der Waals surface area contributed by atoms with Crippen molar-refractivity contribution in [3.05, 3.63) is 34.2 Å². The quantitative estimate of drug-likeness (QED) is 0.752. The predicted octanol–water partition coefficient (Wildman–Crippen LogP) is 1.61. The van der Waals surface area contributed by atoms with E-state index in [1.54, 1.807) is 25.3 Å². The first kappa shape index (κ1) is 9.45. The molecular formula is C9H7IN2O2. The van der Waals surface area contributed by atoms with Gasteiger partial charge in [-0.25, -0.2) is 7.76 Å². The van der Waals surface area contributed by atoms with Gasteiger partial charge in [0.1, 0.15) is 5.75 Å². The average molecular weight is 302 g/mol. The Kier molecular flexibility index (Phi) is 2.18. The number of hydrogen-bond donors (Lipinski definition) is 1. The fraction of sp³-hybridized carbons (Fsp3) is 0.111. The van der Waals surface area contributed by atoms with E-state index in [0.717, 1.165) is 0 Å². The first-order valence-corrected chi connectivity index (χ1v) is 4.95. The van der Waals surface area contributed by atoms with Gasteiger partial charge in [-0.15, -0.1) is 0 Å². The molecule has 0 spiro atoms. The van der Waals surface area contributed by atoms with Crippen molar-refractivity contribution in [3.63, 3.8) is 0 Å². The second-order valence-corrected chi connectivity index (χ2v) is 3.90. The summed E-state index contributed by atoms with van der Waals surface area (Å²) in [5.41, 5.74) is 0.607. The Hall–Kier alpha value is -1.11. The lowest BCUT2D eigenvalue weighted by Gasteiger charge is -2.05. The maximum atomic E-state index is 11.6. The highest BCUT2D eigenvalue weighted by atomic mass is 127. The van der Waals surface area contributed by atoms with Crippen molar-refractivity contribution in [2.75, 3.05) is 0 Å². The van der Waals surface area contributed by atoms with Crippen molar-refractivity contribution in [3.8, 4) is 5.75 Å². The van der Waals surface area contributed by atoms with Gasteiger partial charge in [-0.2, -0.15) is 0 Å². The molecule has 0 fully saturated rings. The molecule has 5 heteroatoms. The van der Waals surface area contributed by atoms with E-state index in [2.05, 4.69) is 4.98 Å². The summed E-state index contributed by atoms with van der Waals surface area (Å²) in [6.07, 6.45) is 1.59. The number of hydrogen-bond acceptors (Lipinski definition) is 3. The Balaban J connectivity index is 3.10. The largest absolute Gasteiger partial charge is 0.507 e. The summed E-state index contributed by atoms with van der Waals surface area (Å²) in [5, 5.41) is 10.3. The molecule has 72 valence electrons. The lowest BCUT2D eigenvalue weighted by molar-refractivity contribution is 0.476. The number of pyridine rings is 2. The molecule has 0 saturated carbocycles. The van der Waals surface area contributed by atoms with Crippen molar-refractivity contribution in [1.82, 2.24) is 7.76 Å². The van der Waals surface area contributed by atoms with Crippen molar-refractivity contribution in [2.24, 2.45) is 0 Å². The SMILES string of the molecule is Cc1c(O)c2cccnc2n(I)c1=O. The highest BCUT2D eigenvalue weighted by Gasteiger charge is 2.11. The first-order chi connectivity index (χ1) is 6.63. The fourth-order valence-corrected chi connectivity index (χ4v) is 2.03. The molecule has 0 radical (unpaired) electrons. The summed E-state index contributed by atoms with van der Waals surface area (Å²) in [6.45, 7) is 1.60. The average Bonchev–Trinajstić information content (AvgIpc) is 2.23. The molecule has 2 aromatic heterocycles. The maximum Gasteiger partial charge on any atom is 0.267 e. The smallest absolute Gasteiger partial charge is 0.267 e. The monoisotopic (exact) mass is 302 g/mol. The van der Waals surface area contributed by atoms with Crippen molar-refractivity contribution in [1.29, 1.82) is 0 Å². The molecule has 0 unspecified atom stereocenters. The molecule has 2 aromatic rings. The first-order valence-electron chi connectivity index (χ1n) is 3.98. The summed E-state index contributed by atoms with van der Waals surface area (Å²) in [4.78, 5) is 15.6. The number of halogens is 1. The molecule has 0 aliphatic carbocycles. The molecule has 0 atom stereocenters. The lowest BCUT2D eigenvalue weighted by Crippen LogP contribution is -2.16. The van der Waals surface area contributed by atoms with Crippen LogP contribution in [0.3, 0.4) is 0 Å². The second-order valence-electron chi connectivity index (χ2n) is 2.93. The number of fused-ring (bicyclic) bond motifs is 1. The minimum Gasteiger partial charge on any atom is -0.507 e. The standard InChI is InChI=1S/C9H7IN2O2/c1-5-7(13)6-3-2-4-11-8(6)12(10)9(5)14/h2-4,13H,1H3. The van der Waals surface area contributed by atoms with Crippen molar-refractivity contribution < 1.29 is 5.11 Å². The third kappa shape index (κ3) is 1.19. The molecule has 2 rings (SSSR count). The predicted molar refractivity (Wildman–Crippen MR) is 61.8 cm³/mol. The van der Waals surface area contributed by atoms with Gasteiger partial charge in [0.2, 0.25) is 0 Å². The number of aromatic nitrogens is 2. The van der Waals surface area contributed by atoms with Gasteiger partial charge in [-0.3, -0.25) is 4.79 Å². The summed E-state index contributed by atoms with van der Waals surface area (Å²) in [7, 11) is 0.